The number of aryl methyl sites for hydroxylation is 1. The Kier molecular flexibility index (Phi) is 4.58. The van der Waals surface area contributed by atoms with Crippen LogP contribution in [0.4, 0.5) is 5.95 Å². The van der Waals surface area contributed by atoms with Crippen molar-refractivity contribution in [2.45, 2.75) is 20.0 Å². The summed E-state index contributed by atoms with van der Waals surface area (Å²) in [6, 6.07) is 14.1. The minimum absolute atomic E-state index is 0.00448. The van der Waals surface area contributed by atoms with E-state index in [1.54, 1.807) is 10.8 Å². The Morgan fingerprint density at radius 3 is 2.56 bits per heavy atom. The second-order valence-electron chi connectivity index (χ2n) is 6.69. The van der Waals surface area contributed by atoms with Crippen LogP contribution in [0.25, 0.3) is 10.8 Å². The van der Waals surface area contributed by atoms with Crippen LogP contribution in [0.5, 0.6) is 0 Å². The van der Waals surface area contributed by atoms with Gasteiger partial charge in [0, 0.05) is 33.8 Å². The molecule has 0 bridgehead atoms. The molecule has 0 aliphatic rings. The first kappa shape index (κ1) is 17.5. The summed E-state index contributed by atoms with van der Waals surface area (Å²) in [5.41, 5.74) is 9.14. The maximum Gasteiger partial charge on any atom is 0.258 e. The number of rotatable bonds is 4. The van der Waals surface area contributed by atoms with Gasteiger partial charge in [0.05, 0.1) is 13.1 Å². The molecular formula is C21H19BrN4O. The monoisotopic (exact) mass is 422 g/mol. The van der Waals surface area contributed by atoms with Crippen molar-refractivity contribution in [2.75, 3.05) is 5.73 Å². The Morgan fingerprint density at radius 1 is 1.00 bits per heavy atom. The van der Waals surface area contributed by atoms with Gasteiger partial charge >= 0.3 is 0 Å². The number of halogens is 1. The summed E-state index contributed by atoms with van der Waals surface area (Å²) in [6.45, 7) is 3.16. The van der Waals surface area contributed by atoms with E-state index < -0.39 is 0 Å². The molecule has 0 aliphatic heterocycles. The lowest BCUT2D eigenvalue weighted by atomic mass is 10.1. The summed E-state index contributed by atoms with van der Waals surface area (Å²) >= 11 is 3.60. The maximum atomic E-state index is 13.1. The third-order valence-corrected chi connectivity index (χ3v) is 5.29. The first-order chi connectivity index (χ1) is 13.0. The third kappa shape index (κ3) is 3.53. The molecule has 0 radical (unpaired) electrons. The minimum atomic E-state index is -0.00448. The van der Waals surface area contributed by atoms with Crippen molar-refractivity contribution < 1.29 is 0 Å². The Morgan fingerprint density at radius 2 is 1.81 bits per heavy atom. The smallest absolute Gasteiger partial charge is 0.258 e. The SMILES string of the molecule is Cc1cccc(Cn2ccc3c(Br)cc(Cn4ccnc4N)cc3c2=O)c1. The number of fused-ring (bicyclic) bond motifs is 1. The fraction of sp³-hybridized carbons (Fsp3) is 0.143. The zero-order chi connectivity index (χ0) is 19.0. The van der Waals surface area contributed by atoms with Gasteiger partial charge in [0.25, 0.3) is 5.56 Å². The molecule has 136 valence electrons. The molecule has 0 saturated heterocycles. The van der Waals surface area contributed by atoms with Crippen molar-refractivity contribution in [1.29, 1.82) is 0 Å². The number of imidazole rings is 1. The molecule has 0 saturated carbocycles. The molecule has 2 aromatic heterocycles. The van der Waals surface area contributed by atoms with Crippen molar-refractivity contribution in [3.05, 3.63) is 92.6 Å². The van der Waals surface area contributed by atoms with Crippen LogP contribution in [0.2, 0.25) is 0 Å². The van der Waals surface area contributed by atoms with Crippen LogP contribution in [-0.4, -0.2) is 14.1 Å². The third-order valence-electron chi connectivity index (χ3n) is 4.64. The maximum absolute atomic E-state index is 13.1. The molecular weight excluding hydrogens is 404 g/mol. The molecule has 2 heterocycles. The summed E-state index contributed by atoms with van der Waals surface area (Å²) < 4.78 is 4.49. The van der Waals surface area contributed by atoms with Gasteiger partial charge in [0.1, 0.15) is 0 Å². The average Bonchev–Trinajstić information content (AvgIpc) is 3.03. The van der Waals surface area contributed by atoms with Crippen LogP contribution in [0.3, 0.4) is 0 Å². The van der Waals surface area contributed by atoms with Crippen LogP contribution in [0.1, 0.15) is 16.7 Å². The van der Waals surface area contributed by atoms with Gasteiger partial charge in [-0.2, -0.15) is 0 Å². The van der Waals surface area contributed by atoms with Crippen LogP contribution in [-0.2, 0) is 13.1 Å². The highest BCUT2D eigenvalue weighted by atomic mass is 79.9. The van der Waals surface area contributed by atoms with E-state index in [9.17, 15) is 4.79 Å². The Balaban J connectivity index is 1.76. The van der Waals surface area contributed by atoms with Crippen LogP contribution >= 0.6 is 15.9 Å². The normalized spacial score (nSPS) is 11.2. The van der Waals surface area contributed by atoms with E-state index in [0.717, 1.165) is 21.0 Å². The van der Waals surface area contributed by atoms with E-state index >= 15 is 0 Å². The molecule has 5 nitrogen and oxygen atoms in total. The highest BCUT2D eigenvalue weighted by Gasteiger charge is 2.10. The highest BCUT2D eigenvalue weighted by Crippen LogP contribution is 2.25. The fourth-order valence-electron chi connectivity index (χ4n) is 3.30. The molecule has 0 unspecified atom stereocenters. The molecule has 2 aromatic carbocycles. The first-order valence-corrected chi connectivity index (χ1v) is 9.44. The van der Waals surface area contributed by atoms with Crippen molar-refractivity contribution >= 4 is 32.7 Å². The van der Waals surface area contributed by atoms with E-state index in [4.69, 9.17) is 5.73 Å². The first-order valence-electron chi connectivity index (χ1n) is 8.65. The number of pyridine rings is 1. The van der Waals surface area contributed by atoms with Crippen molar-refractivity contribution in [1.82, 2.24) is 14.1 Å². The number of aromatic nitrogens is 3. The lowest BCUT2D eigenvalue weighted by Crippen LogP contribution is -2.20. The van der Waals surface area contributed by atoms with Gasteiger partial charge in [-0.1, -0.05) is 45.8 Å². The zero-order valence-corrected chi connectivity index (χ0v) is 16.5. The van der Waals surface area contributed by atoms with Gasteiger partial charge in [-0.25, -0.2) is 4.98 Å². The van der Waals surface area contributed by atoms with Crippen LogP contribution < -0.4 is 11.3 Å². The van der Waals surface area contributed by atoms with E-state index in [1.807, 2.05) is 47.3 Å². The number of hydrogen-bond acceptors (Lipinski definition) is 3. The van der Waals surface area contributed by atoms with Crippen molar-refractivity contribution in [2.24, 2.45) is 0 Å². The summed E-state index contributed by atoms with van der Waals surface area (Å²) in [5, 5.41) is 1.59. The topological polar surface area (TPSA) is 65.8 Å². The van der Waals surface area contributed by atoms with Crippen molar-refractivity contribution in [3.63, 3.8) is 0 Å². The predicted molar refractivity (Wildman–Crippen MR) is 112 cm³/mol. The predicted octanol–water partition coefficient (Wildman–Crippen LogP) is 3.95. The minimum Gasteiger partial charge on any atom is -0.369 e. The summed E-state index contributed by atoms with van der Waals surface area (Å²) in [7, 11) is 0. The molecule has 6 heteroatoms. The molecule has 2 N–H and O–H groups in total. The highest BCUT2D eigenvalue weighted by molar-refractivity contribution is 9.10. The lowest BCUT2D eigenvalue weighted by Gasteiger charge is -2.11. The van der Waals surface area contributed by atoms with Gasteiger partial charge in [-0.15, -0.1) is 0 Å². The van der Waals surface area contributed by atoms with E-state index in [-0.39, 0.29) is 5.56 Å². The molecule has 0 amide bonds. The molecule has 0 fully saturated rings. The van der Waals surface area contributed by atoms with E-state index in [2.05, 4.69) is 40.0 Å². The standard InChI is InChI=1S/C21H19BrN4O/c1-14-3-2-4-15(9-14)12-25-7-5-17-18(20(25)27)10-16(11-19(17)22)13-26-8-6-24-21(26)23/h2-11H,12-13H2,1H3,(H2,23,24). The van der Waals surface area contributed by atoms with Gasteiger partial charge in [0.15, 0.2) is 5.95 Å². The van der Waals surface area contributed by atoms with Crippen LogP contribution in [0.15, 0.2) is 70.3 Å². The van der Waals surface area contributed by atoms with Gasteiger partial charge in [-0.05, 0) is 36.2 Å². The number of benzene rings is 2. The number of hydrogen-bond donors (Lipinski definition) is 1. The second-order valence-corrected chi connectivity index (χ2v) is 7.54. The fourth-order valence-corrected chi connectivity index (χ4v) is 3.94. The quantitative estimate of drug-likeness (QED) is 0.541. The van der Waals surface area contributed by atoms with Crippen LogP contribution in [0, 0.1) is 6.92 Å². The molecule has 0 atom stereocenters. The van der Waals surface area contributed by atoms with Gasteiger partial charge < -0.3 is 14.9 Å². The van der Waals surface area contributed by atoms with E-state index in [0.29, 0.717) is 24.4 Å². The van der Waals surface area contributed by atoms with Crippen molar-refractivity contribution in [3.8, 4) is 0 Å². The summed E-state index contributed by atoms with van der Waals surface area (Å²) in [4.78, 5) is 17.1. The summed E-state index contributed by atoms with van der Waals surface area (Å²) in [6.07, 6.45) is 5.35. The molecule has 4 aromatic rings. The van der Waals surface area contributed by atoms with Gasteiger partial charge in [0.2, 0.25) is 0 Å². The summed E-state index contributed by atoms with van der Waals surface area (Å²) in [5.74, 6) is 0.455. The largest absolute Gasteiger partial charge is 0.369 e. The number of nitrogens with two attached hydrogens (primary N) is 1. The Hall–Kier alpha value is -2.86. The average molecular weight is 423 g/mol. The molecule has 27 heavy (non-hydrogen) atoms. The zero-order valence-electron chi connectivity index (χ0n) is 14.9. The lowest BCUT2D eigenvalue weighted by molar-refractivity contribution is 0.766. The van der Waals surface area contributed by atoms with E-state index in [1.165, 1.54) is 5.56 Å². The number of nitrogens with zero attached hydrogens (tertiary/aromatic N) is 3. The molecule has 0 spiro atoms. The van der Waals surface area contributed by atoms with Gasteiger partial charge in [-0.3, -0.25) is 4.79 Å². The number of nitrogen functional groups attached to an aromatic ring is 1. The second kappa shape index (κ2) is 7.04. The Labute approximate surface area is 165 Å². The Bertz CT molecular complexity index is 1190. The molecule has 4 rings (SSSR count). The molecule has 0 aliphatic carbocycles. The number of anilines is 1.